The Morgan fingerprint density at radius 3 is 2.50 bits per heavy atom. The number of amides is 1. The summed E-state index contributed by atoms with van der Waals surface area (Å²) in [6.45, 7) is 0.331. The van der Waals surface area contributed by atoms with Gasteiger partial charge in [-0.05, 0) is 12.8 Å². The SMILES string of the molecule is NS(=O)(=O)CCCNC(=O)CCCCl. The van der Waals surface area contributed by atoms with Crippen LogP contribution in [-0.4, -0.2) is 32.5 Å². The largest absolute Gasteiger partial charge is 0.356 e. The molecule has 5 nitrogen and oxygen atoms in total. The second-order valence-electron chi connectivity index (χ2n) is 2.86. The number of nitrogens with two attached hydrogens (primary N) is 1. The Morgan fingerprint density at radius 2 is 2.00 bits per heavy atom. The van der Waals surface area contributed by atoms with E-state index in [4.69, 9.17) is 16.7 Å². The molecule has 0 fully saturated rings. The maximum absolute atomic E-state index is 11.0. The van der Waals surface area contributed by atoms with Crippen molar-refractivity contribution in [2.45, 2.75) is 19.3 Å². The number of sulfonamides is 1. The molecule has 0 saturated carbocycles. The Hall–Kier alpha value is -0.330. The highest BCUT2D eigenvalue weighted by Gasteiger charge is 2.03. The summed E-state index contributed by atoms with van der Waals surface area (Å²) in [4.78, 5) is 11.0. The average molecular weight is 243 g/mol. The van der Waals surface area contributed by atoms with Gasteiger partial charge in [-0.2, -0.15) is 0 Å². The zero-order valence-corrected chi connectivity index (χ0v) is 9.40. The lowest BCUT2D eigenvalue weighted by molar-refractivity contribution is -0.121. The van der Waals surface area contributed by atoms with Crippen molar-refractivity contribution in [2.75, 3.05) is 18.2 Å². The summed E-state index contributed by atoms with van der Waals surface area (Å²) >= 11 is 5.39. The molecule has 0 heterocycles. The molecule has 0 unspecified atom stereocenters. The molecule has 0 aliphatic rings. The van der Waals surface area contributed by atoms with Crippen LogP contribution >= 0.6 is 11.6 Å². The maximum Gasteiger partial charge on any atom is 0.220 e. The standard InChI is InChI=1S/C7H15ClN2O3S/c8-4-1-3-7(11)10-5-2-6-14(9,12)13/h1-6H2,(H,10,11)(H2,9,12,13). The van der Waals surface area contributed by atoms with Crippen LogP contribution in [0.5, 0.6) is 0 Å². The third-order valence-corrected chi connectivity index (χ3v) is 2.59. The Balaban J connectivity index is 3.41. The number of carbonyl (C=O) groups excluding carboxylic acids is 1. The first-order valence-corrected chi connectivity index (χ1v) is 6.54. The van der Waals surface area contributed by atoms with Crippen molar-refractivity contribution < 1.29 is 13.2 Å². The van der Waals surface area contributed by atoms with Crippen LogP contribution in [0.25, 0.3) is 0 Å². The predicted molar refractivity (Wildman–Crippen MR) is 55.6 cm³/mol. The van der Waals surface area contributed by atoms with Gasteiger partial charge < -0.3 is 5.32 Å². The van der Waals surface area contributed by atoms with E-state index in [0.717, 1.165) is 0 Å². The van der Waals surface area contributed by atoms with Gasteiger partial charge in [0.15, 0.2) is 0 Å². The van der Waals surface area contributed by atoms with Crippen molar-refractivity contribution in [3.63, 3.8) is 0 Å². The second kappa shape index (κ2) is 7.03. The molecule has 0 bridgehead atoms. The molecular weight excluding hydrogens is 228 g/mol. The number of nitrogens with one attached hydrogen (secondary N) is 1. The van der Waals surface area contributed by atoms with Crippen molar-refractivity contribution >= 4 is 27.5 Å². The fourth-order valence-electron chi connectivity index (χ4n) is 0.817. The van der Waals surface area contributed by atoms with Crippen molar-refractivity contribution in [1.82, 2.24) is 5.32 Å². The van der Waals surface area contributed by atoms with Gasteiger partial charge in [0.2, 0.25) is 15.9 Å². The molecule has 14 heavy (non-hydrogen) atoms. The molecule has 7 heteroatoms. The van der Waals surface area contributed by atoms with E-state index in [1.807, 2.05) is 0 Å². The van der Waals surface area contributed by atoms with Gasteiger partial charge in [0.25, 0.3) is 0 Å². The molecule has 0 atom stereocenters. The molecule has 1 amide bonds. The van der Waals surface area contributed by atoms with Gasteiger partial charge in [-0.1, -0.05) is 0 Å². The van der Waals surface area contributed by atoms with E-state index in [2.05, 4.69) is 5.32 Å². The Morgan fingerprint density at radius 1 is 1.36 bits per heavy atom. The first kappa shape index (κ1) is 13.7. The molecule has 0 aliphatic carbocycles. The molecule has 0 rings (SSSR count). The van der Waals surface area contributed by atoms with Crippen LogP contribution in [0.3, 0.4) is 0 Å². The molecular formula is C7H15ClN2O3S. The van der Waals surface area contributed by atoms with Crippen LogP contribution in [0.1, 0.15) is 19.3 Å². The fourth-order valence-corrected chi connectivity index (χ4v) is 1.50. The number of primary sulfonamides is 1. The zero-order chi connectivity index (χ0) is 11.0. The lowest BCUT2D eigenvalue weighted by Gasteiger charge is -2.03. The topological polar surface area (TPSA) is 89.3 Å². The number of rotatable bonds is 7. The Labute approximate surface area is 89.0 Å². The summed E-state index contributed by atoms with van der Waals surface area (Å²) in [6.07, 6.45) is 1.34. The number of carbonyl (C=O) groups is 1. The summed E-state index contributed by atoms with van der Waals surface area (Å²) in [5.41, 5.74) is 0. The monoisotopic (exact) mass is 242 g/mol. The number of hydrogen-bond acceptors (Lipinski definition) is 3. The van der Waals surface area contributed by atoms with E-state index in [1.165, 1.54) is 0 Å². The molecule has 0 saturated heterocycles. The molecule has 84 valence electrons. The number of alkyl halides is 1. The number of halogens is 1. The molecule has 0 aromatic heterocycles. The van der Waals surface area contributed by atoms with Gasteiger partial charge in [0.05, 0.1) is 5.75 Å². The van der Waals surface area contributed by atoms with Gasteiger partial charge in [0.1, 0.15) is 0 Å². The van der Waals surface area contributed by atoms with E-state index in [9.17, 15) is 13.2 Å². The van der Waals surface area contributed by atoms with Crippen molar-refractivity contribution in [2.24, 2.45) is 5.14 Å². The Bertz CT molecular complexity index is 266. The van der Waals surface area contributed by atoms with Gasteiger partial charge >= 0.3 is 0 Å². The Kier molecular flexibility index (Phi) is 6.86. The second-order valence-corrected chi connectivity index (χ2v) is 4.97. The first-order chi connectivity index (χ1) is 6.45. The van der Waals surface area contributed by atoms with Gasteiger partial charge in [-0.3, -0.25) is 4.79 Å². The van der Waals surface area contributed by atoms with Crippen LogP contribution in [0, 0.1) is 0 Å². The highest BCUT2D eigenvalue weighted by atomic mass is 35.5. The van der Waals surface area contributed by atoms with Crippen molar-refractivity contribution in [3.05, 3.63) is 0 Å². The summed E-state index contributed by atoms with van der Waals surface area (Å²) in [7, 11) is -3.41. The summed E-state index contributed by atoms with van der Waals surface area (Å²) in [6, 6.07) is 0. The van der Waals surface area contributed by atoms with E-state index in [1.54, 1.807) is 0 Å². The molecule has 0 aromatic rings. The molecule has 3 N–H and O–H groups in total. The highest BCUT2D eigenvalue weighted by molar-refractivity contribution is 7.89. The average Bonchev–Trinajstić information content (AvgIpc) is 2.07. The quantitative estimate of drug-likeness (QED) is 0.479. The summed E-state index contributed by atoms with van der Waals surface area (Å²) in [5.74, 6) is 0.230. The van der Waals surface area contributed by atoms with E-state index in [-0.39, 0.29) is 11.7 Å². The van der Waals surface area contributed by atoms with Crippen LogP contribution in [0.2, 0.25) is 0 Å². The fraction of sp³-hybridized carbons (Fsp3) is 0.857. The maximum atomic E-state index is 11.0. The third kappa shape index (κ3) is 9.76. The van der Waals surface area contributed by atoms with Crippen LogP contribution in [-0.2, 0) is 14.8 Å². The lowest BCUT2D eigenvalue weighted by atomic mass is 10.3. The minimum Gasteiger partial charge on any atom is -0.356 e. The molecule has 0 radical (unpaired) electrons. The van der Waals surface area contributed by atoms with Crippen LogP contribution < -0.4 is 10.5 Å². The van der Waals surface area contributed by atoms with Gasteiger partial charge in [-0.15, -0.1) is 11.6 Å². The zero-order valence-electron chi connectivity index (χ0n) is 7.83. The van der Waals surface area contributed by atoms with Crippen LogP contribution in [0.15, 0.2) is 0 Å². The first-order valence-electron chi connectivity index (χ1n) is 4.29. The summed E-state index contributed by atoms with van der Waals surface area (Å²) < 4.78 is 21.0. The third-order valence-electron chi connectivity index (χ3n) is 1.47. The van der Waals surface area contributed by atoms with Gasteiger partial charge in [0, 0.05) is 18.8 Å². The van der Waals surface area contributed by atoms with E-state index >= 15 is 0 Å². The van der Waals surface area contributed by atoms with Crippen molar-refractivity contribution in [1.29, 1.82) is 0 Å². The highest BCUT2D eigenvalue weighted by Crippen LogP contribution is 1.91. The van der Waals surface area contributed by atoms with Crippen molar-refractivity contribution in [3.8, 4) is 0 Å². The number of hydrogen-bond donors (Lipinski definition) is 2. The molecule has 0 spiro atoms. The predicted octanol–water partition coefficient (Wildman–Crippen LogP) is -0.200. The van der Waals surface area contributed by atoms with Gasteiger partial charge in [-0.25, -0.2) is 13.6 Å². The van der Waals surface area contributed by atoms with Crippen LogP contribution in [0.4, 0.5) is 0 Å². The smallest absolute Gasteiger partial charge is 0.220 e. The van der Waals surface area contributed by atoms with E-state index < -0.39 is 10.0 Å². The summed E-state index contributed by atoms with van der Waals surface area (Å²) in [5, 5.41) is 7.35. The minimum absolute atomic E-state index is 0.108. The molecule has 0 aromatic carbocycles. The minimum atomic E-state index is -3.41. The van der Waals surface area contributed by atoms with E-state index in [0.29, 0.717) is 31.7 Å². The normalized spacial score (nSPS) is 11.3. The molecule has 0 aliphatic heterocycles. The lowest BCUT2D eigenvalue weighted by Crippen LogP contribution is -2.27.